The first-order valence-corrected chi connectivity index (χ1v) is 16.8. The molecule has 1 aliphatic heterocycles. The van der Waals surface area contributed by atoms with E-state index in [1.54, 1.807) is 48.5 Å². The Balaban J connectivity index is 1.29. The monoisotopic (exact) mass is 703 g/mol. The van der Waals surface area contributed by atoms with Crippen molar-refractivity contribution < 1.29 is 43.1 Å². The molecule has 6 N–H and O–H groups in total. The third kappa shape index (κ3) is 8.35. The SMILES string of the molecule is C[C@H](NP(=O)(N[C@@H](C)C(=O)OCc1ccccc1)OC[C@H]1O[C@@H](n2c(Cl)nc3c(N)ncnc32)[C@@H](O)C1O)C(=O)OCc1ccccc1. The van der Waals surface area contributed by atoms with Crippen molar-refractivity contribution in [3.05, 3.63) is 83.4 Å². The first-order chi connectivity index (χ1) is 23.0. The number of benzene rings is 2. The highest BCUT2D eigenvalue weighted by Crippen LogP contribution is 2.42. The van der Waals surface area contributed by atoms with Gasteiger partial charge >= 0.3 is 19.6 Å². The van der Waals surface area contributed by atoms with Gasteiger partial charge in [-0.05, 0) is 36.6 Å². The van der Waals surface area contributed by atoms with E-state index in [2.05, 4.69) is 25.1 Å². The molecule has 1 aliphatic rings. The summed E-state index contributed by atoms with van der Waals surface area (Å²) in [5.74, 6) is -1.46. The number of esters is 2. The van der Waals surface area contributed by atoms with Gasteiger partial charge in [-0.1, -0.05) is 60.7 Å². The summed E-state index contributed by atoms with van der Waals surface area (Å²) in [4.78, 5) is 37.8. The number of nitrogen functional groups attached to an aromatic ring is 1. The molecule has 2 aromatic heterocycles. The van der Waals surface area contributed by atoms with Crippen molar-refractivity contribution in [1.29, 1.82) is 0 Å². The van der Waals surface area contributed by atoms with Crippen LogP contribution in [0, 0.1) is 0 Å². The number of aliphatic hydroxyl groups is 2. The van der Waals surface area contributed by atoms with Gasteiger partial charge in [-0.25, -0.2) is 25.1 Å². The molecule has 18 heteroatoms. The van der Waals surface area contributed by atoms with E-state index in [0.29, 0.717) is 0 Å². The van der Waals surface area contributed by atoms with Gasteiger partial charge in [-0.2, -0.15) is 0 Å². The molecule has 6 atom stereocenters. The van der Waals surface area contributed by atoms with Crippen LogP contribution in [-0.4, -0.2) is 78.7 Å². The molecule has 3 heterocycles. The molecule has 4 aromatic rings. The lowest BCUT2D eigenvalue weighted by Gasteiger charge is -2.27. The molecule has 1 unspecified atom stereocenters. The van der Waals surface area contributed by atoms with Crippen LogP contribution in [0.5, 0.6) is 0 Å². The number of hydrogen-bond donors (Lipinski definition) is 5. The number of hydrogen-bond acceptors (Lipinski definition) is 13. The van der Waals surface area contributed by atoms with Crippen molar-refractivity contribution in [1.82, 2.24) is 29.7 Å². The van der Waals surface area contributed by atoms with Crippen LogP contribution in [0.15, 0.2) is 67.0 Å². The van der Waals surface area contributed by atoms with Gasteiger partial charge in [0.25, 0.3) is 0 Å². The van der Waals surface area contributed by atoms with Crippen LogP contribution in [0.25, 0.3) is 11.2 Å². The number of ether oxygens (including phenoxy) is 3. The van der Waals surface area contributed by atoms with Crippen LogP contribution < -0.4 is 15.9 Å². The Kier molecular flexibility index (Phi) is 11.4. The maximum Gasteiger partial charge on any atom is 0.342 e. The molecular weight excluding hydrogens is 669 g/mol. The summed E-state index contributed by atoms with van der Waals surface area (Å²) in [5.41, 5.74) is 7.66. The number of aliphatic hydroxyl groups excluding tert-OH is 2. The third-order valence-electron chi connectivity index (χ3n) is 7.36. The summed E-state index contributed by atoms with van der Waals surface area (Å²) in [5, 5.41) is 26.8. The summed E-state index contributed by atoms with van der Waals surface area (Å²) in [6.45, 7) is 2.17. The van der Waals surface area contributed by atoms with Gasteiger partial charge in [0.15, 0.2) is 23.2 Å². The van der Waals surface area contributed by atoms with Crippen LogP contribution >= 0.6 is 19.3 Å². The van der Waals surface area contributed by atoms with Crippen LogP contribution in [0.2, 0.25) is 5.28 Å². The molecular formula is C30H35ClN7O9P. The van der Waals surface area contributed by atoms with E-state index in [4.69, 9.17) is 36.1 Å². The topological polar surface area (TPSA) is 222 Å². The molecule has 0 spiro atoms. The summed E-state index contributed by atoms with van der Waals surface area (Å²) in [6.07, 6.45) is -4.49. The highest BCUT2D eigenvalue weighted by molar-refractivity contribution is 7.54. The van der Waals surface area contributed by atoms with E-state index < -0.39 is 62.8 Å². The van der Waals surface area contributed by atoms with E-state index in [1.165, 1.54) is 24.7 Å². The zero-order valence-electron chi connectivity index (χ0n) is 25.9. The molecule has 16 nitrogen and oxygen atoms in total. The van der Waals surface area contributed by atoms with Gasteiger partial charge < -0.3 is 34.7 Å². The average Bonchev–Trinajstić information content (AvgIpc) is 3.56. The number of aromatic nitrogens is 4. The number of nitrogens with zero attached hydrogens (tertiary/aromatic N) is 4. The maximum atomic E-state index is 14.2. The minimum absolute atomic E-state index is 0.0318. The molecule has 1 saturated heterocycles. The first-order valence-electron chi connectivity index (χ1n) is 14.8. The Labute approximate surface area is 280 Å². The third-order valence-corrected chi connectivity index (χ3v) is 9.59. The Morgan fingerprint density at radius 1 is 0.958 bits per heavy atom. The lowest BCUT2D eigenvalue weighted by Crippen LogP contribution is -2.43. The summed E-state index contributed by atoms with van der Waals surface area (Å²) < 4.78 is 37.7. The van der Waals surface area contributed by atoms with Crippen LogP contribution in [0.1, 0.15) is 31.2 Å². The van der Waals surface area contributed by atoms with Gasteiger partial charge in [0.05, 0.1) is 6.61 Å². The highest BCUT2D eigenvalue weighted by Gasteiger charge is 2.46. The number of carbonyl (C=O) groups excluding carboxylic acids is 2. The number of nitrogens with two attached hydrogens (primary N) is 1. The van der Waals surface area contributed by atoms with Crippen molar-refractivity contribution in [2.45, 2.75) is 63.7 Å². The van der Waals surface area contributed by atoms with E-state index in [1.807, 2.05) is 12.1 Å². The molecule has 256 valence electrons. The fraction of sp³-hybridized carbons (Fsp3) is 0.367. The maximum absolute atomic E-state index is 14.2. The first kappa shape index (κ1) is 35.3. The molecule has 2 aromatic carbocycles. The molecule has 48 heavy (non-hydrogen) atoms. The lowest BCUT2D eigenvalue weighted by atomic mass is 10.1. The van der Waals surface area contributed by atoms with Gasteiger partial charge in [-0.15, -0.1) is 0 Å². The molecule has 0 radical (unpaired) electrons. The normalized spacial score (nSPS) is 20.8. The molecule has 0 aliphatic carbocycles. The van der Waals surface area contributed by atoms with E-state index in [9.17, 15) is 24.4 Å². The fourth-order valence-electron chi connectivity index (χ4n) is 4.82. The Morgan fingerprint density at radius 3 is 2.04 bits per heavy atom. The number of imidazole rings is 1. The summed E-state index contributed by atoms with van der Waals surface area (Å²) in [7, 11) is -4.32. The van der Waals surface area contributed by atoms with Gasteiger partial charge in [-0.3, -0.25) is 18.7 Å². The van der Waals surface area contributed by atoms with Gasteiger partial charge in [0.1, 0.15) is 49.9 Å². The van der Waals surface area contributed by atoms with Crippen LogP contribution in [0.4, 0.5) is 5.82 Å². The van der Waals surface area contributed by atoms with E-state index in [0.717, 1.165) is 11.1 Å². The number of nitrogens with one attached hydrogen (secondary N) is 2. The second-order valence-corrected chi connectivity index (χ2v) is 13.2. The smallest absolute Gasteiger partial charge is 0.342 e. The van der Waals surface area contributed by atoms with Crippen molar-refractivity contribution in [2.75, 3.05) is 12.3 Å². The predicted octanol–water partition coefficient (Wildman–Crippen LogP) is 2.25. The van der Waals surface area contributed by atoms with Gasteiger partial charge in [0.2, 0.25) is 5.28 Å². The Bertz CT molecular complexity index is 1700. The number of rotatable bonds is 14. The van der Waals surface area contributed by atoms with Crippen molar-refractivity contribution >= 4 is 48.2 Å². The van der Waals surface area contributed by atoms with Crippen LogP contribution in [0.3, 0.4) is 0 Å². The standard InChI is InChI=1S/C30H35ClN7O9P/c1-17(28(41)44-13-19-9-5-3-6-10-19)36-48(43,37-18(2)29(42)45-14-20-11-7-4-8-12-20)46-15-21-23(39)24(40)27(47-21)38-26-22(35-30(38)31)25(32)33-16-34-26/h3-12,16-18,21,23-24,27,39-40H,13-15H2,1-2H3,(H2,32,33,34)(H2,36,37,43)/t17-,18-,21+,23?,24-,27+/m0/s1. The molecule has 0 amide bonds. The summed E-state index contributed by atoms with van der Waals surface area (Å²) >= 11 is 6.31. The van der Waals surface area contributed by atoms with E-state index in [-0.39, 0.29) is 35.5 Å². The Morgan fingerprint density at radius 2 is 1.50 bits per heavy atom. The zero-order chi connectivity index (χ0) is 34.4. The van der Waals surface area contributed by atoms with E-state index >= 15 is 0 Å². The number of halogens is 1. The fourth-order valence-corrected chi connectivity index (χ4v) is 6.89. The Hall–Kier alpha value is -3.99. The molecule has 0 saturated carbocycles. The number of carbonyl (C=O) groups is 2. The molecule has 5 rings (SSSR count). The molecule has 0 bridgehead atoms. The minimum atomic E-state index is -4.32. The number of fused-ring (bicyclic) bond motifs is 1. The second kappa shape index (κ2) is 15.5. The average molecular weight is 704 g/mol. The zero-order valence-corrected chi connectivity index (χ0v) is 27.5. The van der Waals surface area contributed by atoms with Crippen molar-refractivity contribution in [3.63, 3.8) is 0 Å². The summed E-state index contributed by atoms with van der Waals surface area (Å²) in [6, 6.07) is 15.6. The van der Waals surface area contributed by atoms with Crippen molar-refractivity contribution in [2.24, 2.45) is 0 Å². The predicted molar refractivity (Wildman–Crippen MR) is 172 cm³/mol. The quantitative estimate of drug-likeness (QED) is 0.0722. The largest absolute Gasteiger partial charge is 0.460 e. The highest BCUT2D eigenvalue weighted by atomic mass is 35.5. The number of anilines is 1. The van der Waals surface area contributed by atoms with Crippen molar-refractivity contribution in [3.8, 4) is 0 Å². The van der Waals surface area contributed by atoms with Crippen LogP contribution in [-0.2, 0) is 46.1 Å². The second-order valence-electron chi connectivity index (χ2n) is 11.0. The molecule has 1 fully saturated rings. The lowest BCUT2D eigenvalue weighted by molar-refractivity contribution is -0.147. The minimum Gasteiger partial charge on any atom is -0.460 e. The van der Waals surface area contributed by atoms with Gasteiger partial charge in [0, 0.05) is 0 Å².